The van der Waals surface area contributed by atoms with Gasteiger partial charge in [0, 0.05) is 27.7 Å². The quantitative estimate of drug-likeness (QED) is 0.451. The number of hydrogen-bond donors (Lipinski definition) is 1. The number of ether oxygens (including phenoxy) is 1. The summed E-state index contributed by atoms with van der Waals surface area (Å²) in [5.41, 5.74) is 1.18. The normalized spacial score (nSPS) is 12.4. The summed E-state index contributed by atoms with van der Waals surface area (Å²) in [5.74, 6) is 0.351. The number of carbonyl (C=O) groups excluding carboxylic acids is 2. The zero-order chi connectivity index (χ0) is 24.8. The summed E-state index contributed by atoms with van der Waals surface area (Å²) in [7, 11) is 0. The van der Waals surface area contributed by atoms with E-state index in [4.69, 9.17) is 27.9 Å². The van der Waals surface area contributed by atoms with Gasteiger partial charge >= 0.3 is 0 Å². The lowest BCUT2D eigenvalue weighted by Gasteiger charge is -2.33. The van der Waals surface area contributed by atoms with Gasteiger partial charge in [0.2, 0.25) is 5.91 Å². The third-order valence-electron chi connectivity index (χ3n) is 5.17. The smallest absolute Gasteiger partial charge is 0.261 e. The summed E-state index contributed by atoms with van der Waals surface area (Å²) in [4.78, 5) is 28.0. The van der Waals surface area contributed by atoms with Gasteiger partial charge in [-0.15, -0.1) is 0 Å². The van der Waals surface area contributed by atoms with Crippen LogP contribution in [0, 0.1) is 0 Å². The fourth-order valence-corrected chi connectivity index (χ4v) is 4.05. The van der Waals surface area contributed by atoms with Crippen LogP contribution in [0.5, 0.6) is 5.75 Å². The molecule has 0 radical (unpaired) electrons. The molecule has 5 nitrogen and oxygen atoms in total. The summed E-state index contributed by atoms with van der Waals surface area (Å²) in [6, 6.07) is 12.1. The van der Waals surface area contributed by atoms with Crippen LogP contribution < -0.4 is 10.1 Å². The third-order valence-corrected chi connectivity index (χ3v) is 5.87. The molecule has 1 N–H and O–H groups in total. The number of para-hydroxylation sites is 1. The Morgan fingerprint density at radius 3 is 2.18 bits per heavy atom. The second kappa shape index (κ2) is 11.8. The Balaban J connectivity index is 2.35. The highest BCUT2D eigenvalue weighted by atomic mass is 35.5. The van der Waals surface area contributed by atoms with Crippen LogP contribution in [0.2, 0.25) is 10.0 Å². The van der Waals surface area contributed by atoms with Crippen LogP contribution in [0.3, 0.4) is 0 Å². The van der Waals surface area contributed by atoms with Gasteiger partial charge in [0.1, 0.15) is 11.8 Å². The van der Waals surface area contributed by atoms with Crippen molar-refractivity contribution in [1.29, 1.82) is 0 Å². The lowest BCUT2D eigenvalue weighted by molar-refractivity contribution is -0.143. The van der Waals surface area contributed by atoms with Crippen LogP contribution in [0.1, 0.15) is 65.0 Å². The largest absolute Gasteiger partial charge is 0.483 e. The predicted octanol–water partition coefficient (Wildman–Crippen LogP) is 6.22. The molecule has 2 aromatic carbocycles. The fourth-order valence-electron chi connectivity index (χ4n) is 3.54. The average Bonchev–Trinajstić information content (AvgIpc) is 2.72. The maximum absolute atomic E-state index is 13.4. The number of hydrogen-bond acceptors (Lipinski definition) is 3. The van der Waals surface area contributed by atoms with Crippen LogP contribution in [-0.4, -0.2) is 34.9 Å². The molecule has 2 rings (SSSR count). The van der Waals surface area contributed by atoms with E-state index in [1.54, 1.807) is 18.2 Å². The van der Waals surface area contributed by atoms with Crippen molar-refractivity contribution >= 4 is 35.0 Å². The first kappa shape index (κ1) is 27.0. The molecule has 0 heterocycles. The van der Waals surface area contributed by atoms with E-state index in [2.05, 4.69) is 19.2 Å². The lowest BCUT2D eigenvalue weighted by Crippen LogP contribution is -2.54. The minimum absolute atomic E-state index is 0.0998. The van der Waals surface area contributed by atoms with Gasteiger partial charge in [-0.25, -0.2) is 0 Å². The molecule has 7 heteroatoms. The molecule has 0 spiro atoms. The van der Waals surface area contributed by atoms with E-state index in [9.17, 15) is 9.59 Å². The molecule has 33 heavy (non-hydrogen) atoms. The van der Waals surface area contributed by atoms with Gasteiger partial charge in [0.05, 0.1) is 0 Å². The van der Waals surface area contributed by atoms with Crippen molar-refractivity contribution in [3.05, 3.63) is 63.6 Å². The van der Waals surface area contributed by atoms with Crippen LogP contribution in [-0.2, 0) is 16.1 Å². The minimum atomic E-state index is -0.701. The first-order valence-electron chi connectivity index (χ1n) is 11.2. The van der Waals surface area contributed by atoms with Crippen molar-refractivity contribution in [2.45, 2.75) is 72.0 Å². The number of carbonyl (C=O) groups is 2. The number of benzene rings is 2. The molecule has 2 aromatic rings. The van der Waals surface area contributed by atoms with Gasteiger partial charge in [-0.3, -0.25) is 9.59 Å². The molecule has 180 valence electrons. The first-order valence-corrected chi connectivity index (χ1v) is 12.0. The van der Waals surface area contributed by atoms with Crippen molar-refractivity contribution < 1.29 is 14.3 Å². The SMILES string of the molecule is CCC(C(=O)NC(C)(C)C)N(Cc1c(Cl)cccc1Cl)C(=O)COc1ccccc1C(C)C. The van der Waals surface area contributed by atoms with Crippen molar-refractivity contribution in [2.75, 3.05) is 6.61 Å². The predicted molar refractivity (Wildman–Crippen MR) is 135 cm³/mol. The van der Waals surface area contributed by atoms with Crippen molar-refractivity contribution in [1.82, 2.24) is 10.2 Å². The third kappa shape index (κ3) is 7.65. The summed E-state index contributed by atoms with van der Waals surface area (Å²) >= 11 is 12.8. The molecule has 0 aliphatic heterocycles. The van der Waals surface area contributed by atoms with Gasteiger partial charge in [-0.05, 0) is 56.9 Å². The number of halogens is 2. The van der Waals surface area contributed by atoms with Crippen LogP contribution in [0.15, 0.2) is 42.5 Å². The highest BCUT2D eigenvalue weighted by Crippen LogP contribution is 2.28. The lowest BCUT2D eigenvalue weighted by atomic mass is 10.0. The van der Waals surface area contributed by atoms with Gasteiger partial charge in [0.15, 0.2) is 6.61 Å². The van der Waals surface area contributed by atoms with E-state index in [0.717, 1.165) is 5.56 Å². The summed E-state index contributed by atoms with van der Waals surface area (Å²) in [5, 5.41) is 3.86. The van der Waals surface area contributed by atoms with E-state index in [1.807, 2.05) is 52.0 Å². The molecule has 0 aliphatic carbocycles. The Morgan fingerprint density at radius 1 is 1.03 bits per heavy atom. The van der Waals surface area contributed by atoms with E-state index in [0.29, 0.717) is 27.8 Å². The zero-order valence-electron chi connectivity index (χ0n) is 20.2. The molecular weight excluding hydrogens is 459 g/mol. The molecule has 0 fully saturated rings. The summed E-state index contributed by atoms with van der Waals surface area (Å²) in [6.45, 7) is 11.6. The highest BCUT2D eigenvalue weighted by Gasteiger charge is 2.31. The van der Waals surface area contributed by atoms with E-state index >= 15 is 0 Å². The van der Waals surface area contributed by atoms with Crippen molar-refractivity contribution in [3.63, 3.8) is 0 Å². The minimum Gasteiger partial charge on any atom is -0.483 e. The Morgan fingerprint density at radius 2 is 1.64 bits per heavy atom. The van der Waals surface area contributed by atoms with Crippen molar-refractivity contribution in [3.8, 4) is 5.75 Å². The maximum Gasteiger partial charge on any atom is 0.261 e. The standard InChI is InChI=1S/C26H34Cl2N2O3/c1-7-22(25(32)29-26(4,5)6)30(15-19-20(27)12-10-13-21(19)28)24(31)16-33-23-14-9-8-11-18(23)17(2)3/h8-14,17,22H,7,15-16H2,1-6H3,(H,29,32). The molecular formula is C26H34Cl2N2O3. The van der Waals surface area contributed by atoms with Crippen molar-refractivity contribution in [2.24, 2.45) is 0 Å². The fraction of sp³-hybridized carbons (Fsp3) is 0.462. The maximum atomic E-state index is 13.4. The Labute approximate surface area is 207 Å². The number of nitrogens with zero attached hydrogens (tertiary/aromatic N) is 1. The molecule has 0 saturated heterocycles. The molecule has 0 aliphatic rings. The summed E-state index contributed by atoms with van der Waals surface area (Å²) in [6.07, 6.45) is 0.429. The molecule has 0 bridgehead atoms. The molecule has 1 unspecified atom stereocenters. The summed E-state index contributed by atoms with van der Waals surface area (Å²) < 4.78 is 5.93. The number of amides is 2. The second-order valence-corrected chi connectivity index (χ2v) is 10.2. The Bertz CT molecular complexity index is 950. The molecule has 0 saturated carbocycles. The second-order valence-electron chi connectivity index (χ2n) is 9.37. The molecule has 2 amide bonds. The zero-order valence-corrected chi connectivity index (χ0v) is 21.8. The first-order chi connectivity index (χ1) is 15.4. The topological polar surface area (TPSA) is 58.6 Å². The van der Waals surface area contributed by atoms with Gasteiger partial charge < -0.3 is 15.0 Å². The number of nitrogens with one attached hydrogen (secondary N) is 1. The van der Waals surface area contributed by atoms with Gasteiger partial charge in [-0.1, -0.05) is 68.2 Å². The van der Waals surface area contributed by atoms with Crippen LogP contribution >= 0.6 is 23.2 Å². The van der Waals surface area contributed by atoms with Crippen LogP contribution in [0.25, 0.3) is 0 Å². The molecule has 1 atom stereocenters. The van der Waals surface area contributed by atoms with E-state index < -0.39 is 11.6 Å². The highest BCUT2D eigenvalue weighted by molar-refractivity contribution is 6.36. The monoisotopic (exact) mass is 492 g/mol. The van der Waals surface area contributed by atoms with Gasteiger partial charge in [0.25, 0.3) is 5.91 Å². The number of rotatable bonds is 9. The van der Waals surface area contributed by atoms with E-state index in [1.165, 1.54) is 4.90 Å². The Kier molecular flexibility index (Phi) is 9.62. The molecule has 0 aromatic heterocycles. The Hall–Kier alpha value is -2.24. The van der Waals surface area contributed by atoms with Crippen LogP contribution in [0.4, 0.5) is 0 Å². The van der Waals surface area contributed by atoms with E-state index in [-0.39, 0.29) is 30.9 Å². The average molecular weight is 493 g/mol. The van der Waals surface area contributed by atoms with Gasteiger partial charge in [-0.2, -0.15) is 0 Å².